The van der Waals surface area contributed by atoms with Crippen molar-refractivity contribution < 1.29 is 22.6 Å². The van der Waals surface area contributed by atoms with Crippen LogP contribution < -0.4 is 11.2 Å². The molecule has 0 aliphatic carbocycles. The molecule has 1 amide bonds. The molecule has 0 atom stereocenters. The summed E-state index contributed by atoms with van der Waals surface area (Å²) in [7, 11) is -3.67. The first kappa shape index (κ1) is 20.9. The summed E-state index contributed by atoms with van der Waals surface area (Å²) in [4.78, 5) is 24.6. The second-order valence-corrected chi connectivity index (χ2v) is 7.78. The molecule has 27 heavy (non-hydrogen) atoms. The number of amides is 1. The van der Waals surface area contributed by atoms with Crippen LogP contribution in [-0.2, 0) is 16.7 Å². The average molecular weight is 415 g/mol. The predicted octanol–water partition coefficient (Wildman–Crippen LogP) is 1.80. The van der Waals surface area contributed by atoms with E-state index in [1.165, 1.54) is 0 Å². The van der Waals surface area contributed by atoms with Crippen LogP contribution in [0.4, 0.5) is 0 Å². The Morgan fingerprint density at radius 3 is 2.70 bits per heavy atom. The number of ketones is 1. The molecule has 0 saturated carbocycles. The molecule has 9 nitrogen and oxygen atoms in total. The zero-order chi connectivity index (χ0) is 20.2. The maximum atomic E-state index is 12.3. The van der Waals surface area contributed by atoms with Crippen LogP contribution in [0.5, 0.6) is 0 Å². The molecular weight excluding hydrogens is 396 g/mol. The molecule has 146 valence electrons. The standard InChI is InChI=1S/C15H15ClN4O2.CH4O3S/c16-11-5-4-9-13(21)3-1-2-6-20-12(7-10(11)14(9)20)15(22)18-8-19-17;1-5(2,3)4/h4-5,7-8H,1-3,6,17H2,(H,18,19,22);1H3,(H,2,3,4). The molecule has 0 unspecified atom stereocenters. The highest BCUT2D eigenvalue weighted by Crippen LogP contribution is 2.32. The fraction of sp³-hybridized carbons (Fsp3) is 0.312. The van der Waals surface area contributed by atoms with Crippen molar-refractivity contribution in [2.45, 2.75) is 25.8 Å². The van der Waals surface area contributed by atoms with Crippen LogP contribution in [0.3, 0.4) is 0 Å². The number of aryl methyl sites for hydroxylation is 1. The summed E-state index contributed by atoms with van der Waals surface area (Å²) in [6.45, 7) is 0.659. The van der Waals surface area contributed by atoms with E-state index in [4.69, 9.17) is 22.0 Å². The second-order valence-electron chi connectivity index (χ2n) is 5.90. The highest BCUT2D eigenvalue weighted by atomic mass is 35.5. The van der Waals surface area contributed by atoms with Gasteiger partial charge in [-0.1, -0.05) is 11.6 Å². The van der Waals surface area contributed by atoms with Crippen molar-refractivity contribution in [2.75, 3.05) is 6.26 Å². The molecule has 3 rings (SSSR count). The van der Waals surface area contributed by atoms with Crippen LogP contribution in [0, 0.1) is 0 Å². The predicted molar refractivity (Wildman–Crippen MR) is 103 cm³/mol. The highest BCUT2D eigenvalue weighted by Gasteiger charge is 2.23. The average Bonchev–Trinajstić information content (AvgIpc) is 2.94. The molecule has 0 fully saturated rings. The lowest BCUT2D eigenvalue weighted by Gasteiger charge is -2.15. The summed E-state index contributed by atoms with van der Waals surface area (Å²) in [6, 6.07) is 5.14. The van der Waals surface area contributed by atoms with Crippen LogP contribution in [0.25, 0.3) is 10.9 Å². The Bertz CT molecular complexity index is 1010. The summed E-state index contributed by atoms with van der Waals surface area (Å²) < 4.78 is 27.7. The first-order valence-electron chi connectivity index (χ1n) is 7.93. The van der Waals surface area contributed by atoms with Gasteiger partial charge in [-0.25, -0.2) is 0 Å². The first-order chi connectivity index (χ1) is 12.6. The van der Waals surface area contributed by atoms with Gasteiger partial charge in [0.05, 0.1) is 16.8 Å². The Hall–Kier alpha value is -2.43. The highest BCUT2D eigenvalue weighted by molar-refractivity contribution is 7.85. The molecule has 2 heterocycles. The maximum absolute atomic E-state index is 12.3. The van der Waals surface area contributed by atoms with Gasteiger partial charge in [-0.15, -0.1) is 0 Å². The van der Waals surface area contributed by atoms with Crippen LogP contribution in [0.2, 0.25) is 5.02 Å². The molecular formula is C16H19ClN4O5S. The number of rotatable bonds is 2. The van der Waals surface area contributed by atoms with Gasteiger partial charge in [0.15, 0.2) is 5.78 Å². The number of nitrogens with two attached hydrogens (primary N) is 1. The molecule has 0 saturated heterocycles. The molecule has 0 bridgehead atoms. The first-order valence-corrected chi connectivity index (χ1v) is 10.2. The van der Waals surface area contributed by atoms with Crippen molar-refractivity contribution in [2.24, 2.45) is 10.9 Å². The third-order valence-corrected chi connectivity index (χ3v) is 4.17. The number of carbonyl (C=O) groups is 2. The van der Waals surface area contributed by atoms with E-state index in [-0.39, 0.29) is 11.7 Å². The number of hydrazone groups is 1. The number of halogens is 1. The normalized spacial score (nSPS) is 14.4. The lowest BCUT2D eigenvalue weighted by molar-refractivity contribution is 0.0958. The third-order valence-electron chi connectivity index (χ3n) is 3.84. The van der Waals surface area contributed by atoms with Crippen molar-refractivity contribution in [3.63, 3.8) is 0 Å². The molecule has 1 aliphatic rings. The van der Waals surface area contributed by atoms with Gasteiger partial charge >= 0.3 is 0 Å². The number of Topliss-reactive ketones (excluding diaryl/α,β-unsaturated/α-hetero) is 1. The molecule has 1 aromatic heterocycles. The topological polar surface area (TPSA) is 144 Å². The Morgan fingerprint density at radius 2 is 2.07 bits per heavy atom. The summed E-state index contributed by atoms with van der Waals surface area (Å²) in [5.41, 5.74) is 1.79. The van der Waals surface area contributed by atoms with Gasteiger partial charge in [0.2, 0.25) is 0 Å². The molecule has 0 spiro atoms. The Kier molecular flexibility index (Phi) is 6.58. The number of nitrogens with one attached hydrogen (secondary N) is 1. The van der Waals surface area contributed by atoms with Crippen LogP contribution in [-0.4, -0.2) is 41.8 Å². The van der Waals surface area contributed by atoms with Crippen molar-refractivity contribution in [1.82, 2.24) is 9.88 Å². The minimum absolute atomic E-state index is 0.0798. The minimum atomic E-state index is -3.67. The van der Waals surface area contributed by atoms with Crippen molar-refractivity contribution in [3.8, 4) is 0 Å². The van der Waals surface area contributed by atoms with Gasteiger partial charge in [-0.3, -0.25) is 14.1 Å². The number of hydrogen-bond acceptors (Lipinski definition) is 6. The summed E-state index contributed by atoms with van der Waals surface area (Å²) in [5.74, 6) is 4.75. The van der Waals surface area contributed by atoms with Crippen LogP contribution in [0.15, 0.2) is 23.3 Å². The number of benzene rings is 1. The maximum Gasteiger partial charge on any atom is 0.273 e. The van der Waals surface area contributed by atoms with Gasteiger partial charge in [0.1, 0.15) is 12.0 Å². The smallest absolute Gasteiger partial charge is 0.273 e. The van der Waals surface area contributed by atoms with E-state index in [0.717, 1.165) is 24.7 Å². The van der Waals surface area contributed by atoms with Crippen molar-refractivity contribution in [3.05, 3.63) is 34.5 Å². The van der Waals surface area contributed by atoms with E-state index < -0.39 is 10.1 Å². The molecule has 1 aromatic carbocycles. The molecule has 4 N–H and O–H groups in total. The minimum Gasteiger partial charge on any atom is -0.336 e. The summed E-state index contributed by atoms with van der Waals surface area (Å²) >= 11 is 6.24. The number of hydrogen-bond donors (Lipinski definition) is 3. The number of carbonyl (C=O) groups excluding carboxylic acids is 2. The monoisotopic (exact) mass is 414 g/mol. The fourth-order valence-electron chi connectivity index (χ4n) is 2.85. The Morgan fingerprint density at radius 1 is 1.41 bits per heavy atom. The number of nitrogens with zero attached hydrogens (tertiary/aromatic N) is 2. The fourth-order valence-corrected chi connectivity index (χ4v) is 3.06. The van der Waals surface area contributed by atoms with E-state index in [2.05, 4.69) is 10.4 Å². The summed E-state index contributed by atoms with van der Waals surface area (Å²) in [6.07, 6.45) is 3.98. The summed E-state index contributed by atoms with van der Waals surface area (Å²) in [5, 5.41) is 6.98. The SMILES string of the molecule is CS(=O)(=O)O.NN=CNC(=O)c1cc2c(Cl)ccc3c2n1CCCCC3=O. The lowest BCUT2D eigenvalue weighted by atomic mass is 10.0. The van der Waals surface area contributed by atoms with E-state index in [0.29, 0.717) is 40.9 Å². The van der Waals surface area contributed by atoms with Crippen molar-refractivity contribution in [1.29, 1.82) is 0 Å². The van der Waals surface area contributed by atoms with Gasteiger partial charge in [-0.2, -0.15) is 13.5 Å². The van der Waals surface area contributed by atoms with Crippen LogP contribution >= 0.6 is 11.6 Å². The van der Waals surface area contributed by atoms with Gasteiger partial charge in [-0.05, 0) is 31.0 Å². The second kappa shape index (κ2) is 8.51. The van der Waals surface area contributed by atoms with Gasteiger partial charge < -0.3 is 15.7 Å². The zero-order valence-corrected chi connectivity index (χ0v) is 16.0. The molecule has 2 aromatic rings. The molecule has 0 radical (unpaired) electrons. The number of aromatic nitrogens is 1. The Labute approximate surface area is 160 Å². The van der Waals surface area contributed by atoms with E-state index in [9.17, 15) is 18.0 Å². The van der Waals surface area contributed by atoms with Gasteiger partial charge in [0.25, 0.3) is 16.0 Å². The third kappa shape index (κ3) is 5.28. The molecule has 11 heteroatoms. The lowest BCUT2D eigenvalue weighted by Crippen LogP contribution is -2.25. The van der Waals surface area contributed by atoms with E-state index in [1.807, 2.05) is 4.57 Å². The van der Waals surface area contributed by atoms with Gasteiger partial charge in [0, 0.05) is 23.9 Å². The largest absolute Gasteiger partial charge is 0.336 e. The molecule has 1 aliphatic heterocycles. The van der Waals surface area contributed by atoms with E-state index >= 15 is 0 Å². The van der Waals surface area contributed by atoms with Crippen molar-refractivity contribution >= 4 is 50.7 Å². The van der Waals surface area contributed by atoms with Crippen LogP contribution in [0.1, 0.15) is 40.1 Å². The van der Waals surface area contributed by atoms with E-state index in [1.54, 1.807) is 18.2 Å². The zero-order valence-electron chi connectivity index (χ0n) is 14.5. The quantitative estimate of drug-likeness (QED) is 0.225. The Balaban J connectivity index is 0.000000465.